The fourth-order valence-corrected chi connectivity index (χ4v) is 0.964. The Labute approximate surface area is 92.6 Å². The average Bonchev–Trinajstić information content (AvgIpc) is 2.15. The van der Waals surface area contributed by atoms with Gasteiger partial charge in [-0.25, -0.2) is 0 Å². The summed E-state index contributed by atoms with van der Waals surface area (Å²) in [7, 11) is 0. The molecule has 15 heavy (non-hydrogen) atoms. The Balaban J connectivity index is 0. The molecule has 0 aromatic carbocycles. The van der Waals surface area contributed by atoms with Crippen molar-refractivity contribution >= 4 is 0 Å². The van der Waals surface area contributed by atoms with E-state index in [1.807, 2.05) is 6.92 Å². The molecule has 4 N–H and O–H groups in total. The van der Waals surface area contributed by atoms with Crippen LogP contribution in [0.2, 0.25) is 0 Å². The Morgan fingerprint density at radius 1 is 0.667 bits per heavy atom. The van der Waals surface area contributed by atoms with Gasteiger partial charge in [-0.2, -0.15) is 0 Å². The quantitative estimate of drug-likeness (QED) is 0.387. The second-order valence-electron chi connectivity index (χ2n) is 3.60. The van der Waals surface area contributed by atoms with Gasteiger partial charge in [0, 0.05) is 0 Å². The van der Waals surface area contributed by atoms with Gasteiger partial charge in [-0.15, -0.1) is 0 Å². The van der Waals surface area contributed by atoms with E-state index in [2.05, 4.69) is 6.92 Å². The maximum Gasteiger partial charge on any atom is 0.151 e. The molecule has 0 heterocycles. The third-order valence-corrected chi connectivity index (χ3v) is 1.88. The van der Waals surface area contributed by atoms with Crippen LogP contribution in [0.5, 0.6) is 0 Å². The molecule has 0 aromatic heterocycles. The lowest BCUT2D eigenvalue weighted by Crippen LogP contribution is -2.02. The molecule has 0 amide bonds. The Bertz CT molecular complexity index is 105. The van der Waals surface area contributed by atoms with Crippen molar-refractivity contribution in [1.29, 1.82) is 0 Å². The van der Waals surface area contributed by atoms with Gasteiger partial charge in [0.1, 0.15) is 0 Å². The van der Waals surface area contributed by atoms with Crippen molar-refractivity contribution in [3.05, 3.63) is 0 Å². The molecule has 0 bridgehead atoms. The van der Waals surface area contributed by atoms with Gasteiger partial charge < -0.3 is 20.4 Å². The summed E-state index contributed by atoms with van der Waals surface area (Å²) in [6.45, 7) is 4.10. The summed E-state index contributed by atoms with van der Waals surface area (Å²) < 4.78 is 0. The highest BCUT2D eigenvalue weighted by molar-refractivity contribution is 4.40. The van der Waals surface area contributed by atoms with Crippen molar-refractivity contribution in [1.82, 2.24) is 0 Å². The first kappa shape index (κ1) is 17.2. The molecule has 0 aliphatic rings. The van der Waals surface area contributed by atoms with Crippen LogP contribution >= 0.6 is 0 Å². The van der Waals surface area contributed by atoms with Crippen molar-refractivity contribution in [3.8, 4) is 0 Å². The van der Waals surface area contributed by atoms with E-state index in [0.29, 0.717) is 12.8 Å². The fourth-order valence-electron chi connectivity index (χ4n) is 0.964. The molecular formula is C11H26O4. The second-order valence-corrected chi connectivity index (χ2v) is 3.60. The van der Waals surface area contributed by atoms with Gasteiger partial charge >= 0.3 is 0 Å². The summed E-state index contributed by atoms with van der Waals surface area (Å²) in [5, 5.41) is 33.1. The molecular weight excluding hydrogens is 196 g/mol. The molecule has 0 saturated carbocycles. The predicted octanol–water partition coefficient (Wildman–Crippen LogP) is 1.36. The SMILES string of the molecule is CCCCC(O)O.CCCCCC(O)O. The van der Waals surface area contributed by atoms with E-state index in [4.69, 9.17) is 20.4 Å². The molecule has 0 atom stereocenters. The molecule has 4 heteroatoms. The first-order valence-corrected chi connectivity index (χ1v) is 5.76. The van der Waals surface area contributed by atoms with Gasteiger partial charge in [0.25, 0.3) is 0 Å². The first-order chi connectivity index (χ1) is 7.04. The smallest absolute Gasteiger partial charge is 0.151 e. The lowest BCUT2D eigenvalue weighted by atomic mass is 10.2. The largest absolute Gasteiger partial charge is 0.368 e. The summed E-state index contributed by atoms with van der Waals surface area (Å²) in [5.41, 5.74) is 0. The zero-order chi connectivity index (χ0) is 12.1. The molecule has 4 nitrogen and oxygen atoms in total. The normalized spacial score (nSPS) is 10.4. The highest BCUT2D eigenvalue weighted by Crippen LogP contribution is 2.00. The summed E-state index contributed by atoms with van der Waals surface area (Å²) in [4.78, 5) is 0. The number of unbranched alkanes of at least 4 members (excludes halogenated alkanes) is 3. The van der Waals surface area contributed by atoms with Crippen LogP contribution in [0.3, 0.4) is 0 Å². The molecule has 0 aliphatic heterocycles. The third-order valence-electron chi connectivity index (χ3n) is 1.88. The molecule has 94 valence electrons. The maximum absolute atomic E-state index is 8.33. The molecule has 0 aromatic rings. The van der Waals surface area contributed by atoms with E-state index in [1.54, 1.807) is 0 Å². The Kier molecular flexibility index (Phi) is 15.9. The van der Waals surface area contributed by atoms with E-state index in [1.165, 1.54) is 0 Å². The minimum Gasteiger partial charge on any atom is -0.368 e. The van der Waals surface area contributed by atoms with Gasteiger partial charge in [0.05, 0.1) is 0 Å². The van der Waals surface area contributed by atoms with Crippen LogP contribution in [0.15, 0.2) is 0 Å². The van der Waals surface area contributed by atoms with Gasteiger partial charge in [-0.3, -0.25) is 0 Å². The zero-order valence-corrected chi connectivity index (χ0v) is 9.89. The lowest BCUT2D eigenvalue weighted by Gasteiger charge is -1.99. The van der Waals surface area contributed by atoms with Crippen molar-refractivity contribution in [2.45, 2.75) is 71.4 Å². The van der Waals surface area contributed by atoms with Crippen LogP contribution in [0, 0.1) is 0 Å². The van der Waals surface area contributed by atoms with Crippen LogP contribution in [-0.4, -0.2) is 33.0 Å². The monoisotopic (exact) mass is 222 g/mol. The summed E-state index contributed by atoms with van der Waals surface area (Å²) >= 11 is 0. The lowest BCUT2D eigenvalue weighted by molar-refractivity contribution is -0.0471. The molecule has 0 unspecified atom stereocenters. The average molecular weight is 222 g/mol. The number of aliphatic hydroxyl groups excluding tert-OH is 2. The number of hydrogen-bond donors (Lipinski definition) is 4. The second kappa shape index (κ2) is 13.8. The summed E-state index contributed by atoms with van der Waals surface area (Å²) in [6, 6.07) is 0. The molecule has 0 rings (SSSR count). The standard InChI is InChI=1S/C6H14O2.C5H12O2/c1-2-3-4-5-6(7)8;1-2-3-4-5(6)7/h6-8H,2-5H2,1H3;5-7H,2-4H2,1H3. The Morgan fingerprint density at radius 2 is 1.07 bits per heavy atom. The van der Waals surface area contributed by atoms with Crippen molar-refractivity contribution in [3.63, 3.8) is 0 Å². The van der Waals surface area contributed by atoms with Crippen LogP contribution in [0.1, 0.15) is 58.8 Å². The van der Waals surface area contributed by atoms with E-state index in [9.17, 15) is 0 Å². The van der Waals surface area contributed by atoms with Crippen LogP contribution < -0.4 is 0 Å². The van der Waals surface area contributed by atoms with Crippen molar-refractivity contribution in [2.75, 3.05) is 0 Å². The fraction of sp³-hybridized carbons (Fsp3) is 1.00. The molecule has 0 radical (unpaired) electrons. The van der Waals surface area contributed by atoms with E-state index in [0.717, 1.165) is 32.1 Å². The molecule has 0 fully saturated rings. The Morgan fingerprint density at radius 3 is 1.33 bits per heavy atom. The van der Waals surface area contributed by atoms with Crippen LogP contribution in [-0.2, 0) is 0 Å². The number of rotatable bonds is 7. The van der Waals surface area contributed by atoms with Crippen LogP contribution in [0.4, 0.5) is 0 Å². The molecule has 0 aliphatic carbocycles. The van der Waals surface area contributed by atoms with Crippen molar-refractivity contribution < 1.29 is 20.4 Å². The number of aliphatic hydroxyl groups is 4. The third kappa shape index (κ3) is 24.8. The first-order valence-electron chi connectivity index (χ1n) is 5.76. The summed E-state index contributed by atoms with van der Waals surface area (Å²) in [6.07, 6.45) is 3.92. The minimum absolute atomic E-state index is 0.510. The minimum atomic E-state index is -1.10. The van der Waals surface area contributed by atoms with Gasteiger partial charge in [0.2, 0.25) is 0 Å². The van der Waals surface area contributed by atoms with Gasteiger partial charge in [-0.1, -0.05) is 33.1 Å². The van der Waals surface area contributed by atoms with E-state index in [-0.39, 0.29) is 0 Å². The number of hydrogen-bond acceptors (Lipinski definition) is 4. The van der Waals surface area contributed by atoms with Gasteiger partial charge in [-0.05, 0) is 25.7 Å². The molecule has 0 saturated heterocycles. The zero-order valence-electron chi connectivity index (χ0n) is 9.89. The summed E-state index contributed by atoms with van der Waals surface area (Å²) in [5.74, 6) is 0. The topological polar surface area (TPSA) is 80.9 Å². The van der Waals surface area contributed by atoms with Gasteiger partial charge in [0.15, 0.2) is 12.6 Å². The van der Waals surface area contributed by atoms with E-state index < -0.39 is 12.6 Å². The highest BCUT2D eigenvalue weighted by Gasteiger charge is 1.93. The Hall–Kier alpha value is -0.160. The predicted molar refractivity (Wildman–Crippen MR) is 60.1 cm³/mol. The highest BCUT2D eigenvalue weighted by atomic mass is 16.5. The van der Waals surface area contributed by atoms with Crippen LogP contribution in [0.25, 0.3) is 0 Å². The molecule has 0 spiro atoms. The maximum atomic E-state index is 8.33. The van der Waals surface area contributed by atoms with Crippen molar-refractivity contribution in [2.24, 2.45) is 0 Å². The van der Waals surface area contributed by atoms with E-state index >= 15 is 0 Å².